The number of carbonyl (C=O) groups excluding carboxylic acids is 1. The fourth-order valence-electron chi connectivity index (χ4n) is 3.39. The van der Waals surface area contributed by atoms with E-state index in [0.717, 1.165) is 53.5 Å². The van der Waals surface area contributed by atoms with E-state index in [0.29, 0.717) is 11.5 Å². The number of nitrogens with two attached hydrogens (primary N) is 1. The summed E-state index contributed by atoms with van der Waals surface area (Å²) in [6.07, 6.45) is 6.90. The molecule has 7 nitrogen and oxygen atoms in total. The number of pyridine rings is 1. The van der Waals surface area contributed by atoms with Crippen LogP contribution in [0.3, 0.4) is 0 Å². The first-order chi connectivity index (χ1) is 15.1. The molecule has 1 aliphatic rings. The zero-order valence-electron chi connectivity index (χ0n) is 17.0. The highest BCUT2D eigenvalue weighted by atomic mass is 16.2. The first kappa shape index (κ1) is 20.1. The van der Waals surface area contributed by atoms with Crippen LogP contribution in [0.2, 0.25) is 0 Å². The number of benzene rings is 1. The molecule has 0 atom stereocenters. The number of nitrogen functional groups attached to an aromatic ring is 1. The zero-order chi connectivity index (χ0) is 21.6. The molecule has 3 aromatic heterocycles. The third kappa shape index (κ3) is 4.70. The van der Waals surface area contributed by atoms with E-state index < -0.39 is 0 Å². The summed E-state index contributed by atoms with van der Waals surface area (Å²) in [5.74, 6) is 6.75. The number of nitrogens with one attached hydrogen (secondary N) is 1. The van der Waals surface area contributed by atoms with Crippen molar-refractivity contribution in [3.8, 4) is 11.8 Å². The van der Waals surface area contributed by atoms with Gasteiger partial charge in [-0.3, -0.25) is 9.78 Å². The molecule has 1 fully saturated rings. The molecule has 154 valence electrons. The van der Waals surface area contributed by atoms with Gasteiger partial charge in [-0.25, -0.2) is 9.97 Å². The summed E-state index contributed by atoms with van der Waals surface area (Å²) < 4.78 is 0. The highest BCUT2D eigenvalue weighted by molar-refractivity contribution is 5.87. The predicted molar refractivity (Wildman–Crippen MR) is 122 cm³/mol. The number of anilines is 1. The van der Waals surface area contributed by atoms with E-state index in [1.54, 1.807) is 6.20 Å². The number of H-pyrrole nitrogens is 1. The number of nitrogens with zero attached hydrogens (tertiary/aromatic N) is 4. The van der Waals surface area contributed by atoms with Crippen LogP contribution in [0.5, 0.6) is 0 Å². The fourth-order valence-corrected chi connectivity index (χ4v) is 3.39. The molecule has 1 aromatic carbocycles. The normalized spacial score (nSPS) is 12.7. The van der Waals surface area contributed by atoms with Crippen molar-refractivity contribution >= 4 is 33.7 Å². The van der Waals surface area contributed by atoms with Crippen molar-refractivity contribution in [1.82, 2.24) is 24.8 Å². The molecule has 4 aromatic rings. The maximum absolute atomic E-state index is 10.8. The topological polar surface area (TPSA) is 101 Å². The van der Waals surface area contributed by atoms with Gasteiger partial charge in [-0.15, -0.1) is 0 Å². The van der Waals surface area contributed by atoms with Crippen LogP contribution in [0.4, 0.5) is 5.82 Å². The summed E-state index contributed by atoms with van der Waals surface area (Å²) in [7, 11) is 0. The van der Waals surface area contributed by atoms with E-state index in [9.17, 15) is 4.79 Å². The molecule has 7 heteroatoms. The van der Waals surface area contributed by atoms with Gasteiger partial charge in [0.2, 0.25) is 5.91 Å². The number of likely N-dealkylation sites (tertiary alicyclic amines) is 1. The number of aromatic amines is 1. The number of aromatic nitrogens is 4. The van der Waals surface area contributed by atoms with E-state index in [1.165, 1.54) is 12.4 Å². The summed E-state index contributed by atoms with van der Waals surface area (Å²) in [6.45, 7) is 5.26. The van der Waals surface area contributed by atoms with Gasteiger partial charge < -0.3 is 15.6 Å². The molecule has 31 heavy (non-hydrogen) atoms. The number of fused-ring (bicyclic) bond motifs is 2. The zero-order valence-corrected chi connectivity index (χ0v) is 17.0. The van der Waals surface area contributed by atoms with Crippen molar-refractivity contribution in [3.05, 3.63) is 72.8 Å². The molecule has 3 N–H and O–H groups in total. The van der Waals surface area contributed by atoms with Crippen LogP contribution in [0, 0.1) is 11.8 Å². The third-order valence-electron chi connectivity index (χ3n) is 4.99. The minimum atomic E-state index is 0.0764. The first-order valence-corrected chi connectivity index (χ1v) is 10.0. The van der Waals surface area contributed by atoms with E-state index in [2.05, 4.69) is 38.4 Å². The highest BCUT2D eigenvalue weighted by Crippen LogP contribution is 2.17. The molecule has 0 saturated carbocycles. The molecule has 0 unspecified atom stereocenters. The standard InChI is InChI=1S/C17H11N5.C7H11NO/c18-16-14-9-13(22-17(14)21-10-20-16)5-3-11-4-6-15-12(8-11)2-1-7-19-15;1-2-7(9)8-5-3-4-6-8/h1-2,4,6-10H,(H3,18,20,21,22);2H,1,3-6H2. The number of amides is 1. The van der Waals surface area contributed by atoms with Crippen molar-refractivity contribution in [3.63, 3.8) is 0 Å². The van der Waals surface area contributed by atoms with Crippen molar-refractivity contribution in [2.75, 3.05) is 18.8 Å². The molecule has 1 aliphatic heterocycles. The Hall–Kier alpha value is -4.18. The van der Waals surface area contributed by atoms with Crippen LogP contribution in [-0.2, 0) is 4.79 Å². The van der Waals surface area contributed by atoms with Gasteiger partial charge in [0.25, 0.3) is 0 Å². The van der Waals surface area contributed by atoms with Gasteiger partial charge in [0.1, 0.15) is 17.8 Å². The lowest BCUT2D eigenvalue weighted by Crippen LogP contribution is -2.25. The molecule has 4 heterocycles. The van der Waals surface area contributed by atoms with Gasteiger partial charge in [0.15, 0.2) is 0 Å². The smallest absolute Gasteiger partial charge is 0.245 e. The Kier molecular flexibility index (Phi) is 5.90. The average Bonchev–Trinajstić information content (AvgIpc) is 3.48. The summed E-state index contributed by atoms with van der Waals surface area (Å²) in [5, 5.41) is 1.86. The minimum Gasteiger partial charge on any atom is -0.383 e. The Morgan fingerprint density at radius 3 is 2.74 bits per heavy atom. The second kappa shape index (κ2) is 9.09. The maximum Gasteiger partial charge on any atom is 0.245 e. The van der Waals surface area contributed by atoms with E-state index in [1.807, 2.05) is 41.3 Å². The molecule has 0 aliphatic carbocycles. The number of carbonyl (C=O) groups is 1. The van der Waals surface area contributed by atoms with Crippen LogP contribution >= 0.6 is 0 Å². The second-order valence-electron chi connectivity index (χ2n) is 7.10. The van der Waals surface area contributed by atoms with E-state index in [4.69, 9.17) is 5.73 Å². The highest BCUT2D eigenvalue weighted by Gasteiger charge is 2.14. The molecule has 0 spiro atoms. The van der Waals surface area contributed by atoms with Crippen molar-refractivity contribution < 1.29 is 4.79 Å². The van der Waals surface area contributed by atoms with Gasteiger partial charge in [-0.1, -0.05) is 18.6 Å². The van der Waals surface area contributed by atoms with E-state index in [-0.39, 0.29) is 5.91 Å². The van der Waals surface area contributed by atoms with Crippen molar-refractivity contribution in [1.29, 1.82) is 0 Å². The number of rotatable bonds is 1. The summed E-state index contributed by atoms with van der Waals surface area (Å²) in [4.78, 5) is 28.2. The van der Waals surface area contributed by atoms with Crippen LogP contribution in [0.1, 0.15) is 24.1 Å². The molecule has 0 bridgehead atoms. The Morgan fingerprint density at radius 2 is 1.97 bits per heavy atom. The molecule has 5 rings (SSSR count). The molecular weight excluding hydrogens is 388 g/mol. The summed E-state index contributed by atoms with van der Waals surface area (Å²) in [6, 6.07) is 11.7. The Balaban J connectivity index is 0.000000217. The van der Waals surface area contributed by atoms with Gasteiger partial charge in [0.05, 0.1) is 16.6 Å². The lowest BCUT2D eigenvalue weighted by molar-refractivity contribution is -0.124. The predicted octanol–water partition coefficient (Wildman–Crippen LogP) is 3.28. The minimum absolute atomic E-state index is 0.0764. The second-order valence-corrected chi connectivity index (χ2v) is 7.10. The maximum atomic E-state index is 10.8. The fraction of sp³-hybridized carbons (Fsp3) is 0.167. The SMILES string of the molecule is C=CC(=O)N1CCCC1.Nc1ncnc2[nH]c(C#Cc3ccc4ncccc4c3)cc12. The van der Waals surface area contributed by atoms with Crippen molar-refractivity contribution in [2.45, 2.75) is 12.8 Å². The number of hydrogen-bond acceptors (Lipinski definition) is 5. The van der Waals surface area contributed by atoms with Crippen LogP contribution in [-0.4, -0.2) is 43.8 Å². The monoisotopic (exact) mass is 410 g/mol. The van der Waals surface area contributed by atoms with Gasteiger partial charge in [-0.05, 0) is 55.2 Å². The molecule has 1 saturated heterocycles. The van der Waals surface area contributed by atoms with Gasteiger partial charge in [-0.2, -0.15) is 0 Å². The summed E-state index contributed by atoms with van der Waals surface area (Å²) in [5.41, 5.74) is 9.15. The lowest BCUT2D eigenvalue weighted by Gasteiger charge is -2.10. The van der Waals surface area contributed by atoms with Crippen LogP contribution in [0.25, 0.3) is 21.9 Å². The average molecular weight is 410 g/mol. The lowest BCUT2D eigenvalue weighted by atomic mass is 10.1. The van der Waals surface area contributed by atoms with Crippen molar-refractivity contribution in [2.24, 2.45) is 0 Å². The summed E-state index contributed by atoms with van der Waals surface area (Å²) >= 11 is 0. The van der Waals surface area contributed by atoms with Gasteiger partial charge >= 0.3 is 0 Å². The molecule has 1 amide bonds. The first-order valence-electron chi connectivity index (χ1n) is 10.0. The Morgan fingerprint density at radius 1 is 1.13 bits per heavy atom. The van der Waals surface area contributed by atoms with Gasteiger partial charge in [0, 0.05) is 30.2 Å². The van der Waals surface area contributed by atoms with Crippen LogP contribution < -0.4 is 5.73 Å². The molecular formula is C24H22N6O. The largest absolute Gasteiger partial charge is 0.383 e. The van der Waals surface area contributed by atoms with E-state index >= 15 is 0 Å². The molecule has 0 radical (unpaired) electrons. The quantitative estimate of drug-likeness (QED) is 0.370. The Labute approximate surface area is 180 Å². The third-order valence-corrected chi connectivity index (χ3v) is 4.99. The van der Waals surface area contributed by atoms with Crippen LogP contribution in [0.15, 0.2) is 61.6 Å². The Bertz CT molecular complexity index is 1310. The number of hydrogen-bond donors (Lipinski definition) is 2.